The van der Waals surface area contributed by atoms with Gasteiger partial charge in [0.25, 0.3) is 11.7 Å². The first-order valence-corrected chi connectivity index (χ1v) is 8.39. The van der Waals surface area contributed by atoms with Crippen LogP contribution < -0.4 is 0 Å². The van der Waals surface area contributed by atoms with Crippen LogP contribution in [0.5, 0.6) is 0 Å². The van der Waals surface area contributed by atoms with E-state index in [2.05, 4.69) is 0 Å². The number of alkyl halides is 2. The molecule has 1 aliphatic heterocycles. The van der Waals surface area contributed by atoms with Crippen LogP contribution in [-0.4, -0.2) is 40.7 Å². The monoisotopic (exact) mass is 343 g/mol. The molecule has 1 saturated heterocycles. The maximum Gasteiger partial charge on any atom is 0.303 e. The molecule has 2 rings (SSSR count). The molecule has 0 bridgehead atoms. The molecule has 1 unspecified atom stereocenters. The molecule has 1 fully saturated rings. The average molecular weight is 343 g/mol. The smallest absolute Gasteiger partial charge is 0.303 e. The number of benzene rings is 1. The lowest BCUT2D eigenvalue weighted by molar-refractivity contribution is -0.137. The lowest BCUT2D eigenvalue weighted by atomic mass is 9.93. The largest absolute Gasteiger partial charge is 0.481 e. The summed E-state index contributed by atoms with van der Waals surface area (Å²) in [6, 6.07) is 6.17. The second-order valence-corrected chi connectivity index (χ2v) is 6.66. The van der Waals surface area contributed by atoms with Crippen molar-refractivity contribution >= 4 is 23.6 Å². The number of aliphatic carboxylic acids is 1. The van der Waals surface area contributed by atoms with Gasteiger partial charge in [0.15, 0.2) is 0 Å². The summed E-state index contributed by atoms with van der Waals surface area (Å²) in [6.07, 6.45) is 2.48. The quantitative estimate of drug-likeness (QED) is 0.800. The van der Waals surface area contributed by atoms with Gasteiger partial charge in [-0.2, -0.15) is 8.78 Å². The standard InChI is InChI=1S/C16H19F2NO3S/c17-16(18)23-13-6-4-12(5-7-13)15(22)19-9-1-2-11(10-19)3-8-14(20)21/h4-7,11,16H,1-3,8-10H2,(H,20,21). The van der Waals surface area contributed by atoms with Gasteiger partial charge in [-0.1, -0.05) is 11.8 Å². The first-order chi connectivity index (χ1) is 11.0. The number of carbonyl (C=O) groups excluding carboxylic acids is 1. The van der Waals surface area contributed by atoms with Gasteiger partial charge in [0.1, 0.15) is 0 Å². The highest BCUT2D eigenvalue weighted by atomic mass is 32.2. The highest BCUT2D eigenvalue weighted by Gasteiger charge is 2.24. The molecule has 1 aliphatic rings. The van der Waals surface area contributed by atoms with Crippen LogP contribution in [0.4, 0.5) is 8.78 Å². The van der Waals surface area contributed by atoms with Crippen molar-refractivity contribution in [2.45, 2.75) is 36.3 Å². The fraction of sp³-hybridized carbons (Fsp3) is 0.500. The summed E-state index contributed by atoms with van der Waals surface area (Å²) in [7, 11) is 0. The number of piperidine rings is 1. The molecule has 7 heteroatoms. The number of hydrogen-bond donors (Lipinski definition) is 1. The van der Waals surface area contributed by atoms with Crippen molar-refractivity contribution in [3.05, 3.63) is 29.8 Å². The third kappa shape index (κ3) is 5.49. The molecule has 1 aromatic carbocycles. The molecular formula is C16H19F2NO3S. The summed E-state index contributed by atoms with van der Waals surface area (Å²) >= 11 is 0.450. The van der Waals surface area contributed by atoms with Crippen molar-refractivity contribution in [2.24, 2.45) is 5.92 Å². The summed E-state index contributed by atoms with van der Waals surface area (Å²) in [4.78, 5) is 25.3. The molecule has 23 heavy (non-hydrogen) atoms. The normalized spacial score (nSPS) is 18.2. The molecular weight excluding hydrogens is 324 g/mol. The van der Waals surface area contributed by atoms with Gasteiger partial charge < -0.3 is 10.0 Å². The van der Waals surface area contributed by atoms with Crippen molar-refractivity contribution in [3.8, 4) is 0 Å². The molecule has 1 atom stereocenters. The SMILES string of the molecule is O=C(O)CCC1CCCN(C(=O)c2ccc(SC(F)F)cc2)C1. The lowest BCUT2D eigenvalue weighted by Crippen LogP contribution is -2.40. The van der Waals surface area contributed by atoms with E-state index in [4.69, 9.17) is 5.11 Å². The van der Waals surface area contributed by atoms with Crippen LogP contribution >= 0.6 is 11.8 Å². The average Bonchev–Trinajstić information content (AvgIpc) is 2.53. The van der Waals surface area contributed by atoms with Gasteiger partial charge in [0.05, 0.1) is 0 Å². The summed E-state index contributed by atoms with van der Waals surface area (Å²) < 4.78 is 24.6. The summed E-state index contributed by atoms with van der Waals surface area (Å²) in [5.74, 6) is -3.22. The number of hydrogen-bond acceptors (Lipinski definition) is 3. The fourth-order valence-electron chi connectivity index (χ4n) is 2.77. The summed E-state index contributed by atoms with van der Waals surface area (Å²) in [5, 5.41) is 8.75. The first kappa shape index (κ1) is 17.7. The number of amides is 1. The molecule has 0 saturated carbocycles. The Morgan fingerprint density at radius 1 is 1.30 bits per heavy atom. The Bertz CT molecular complexity index is 551. The van der Waals surface area contributed by atoms with Gasteiger partial charge in [-0.15, -0.1) is 0 Å². The van der Waals surface area contributed by atoms with Crippen molar-refractivity contribution < 1.29 is 23.5 Å². The van der Waals surface area contributed by atoms with Crippen LogP contribution in [0.2, 0.25) is 0 Å². The number of carboxylic acid groups (broad SMARTS) is 1. The minimum absolute atomic E-state index is 0.117. The molecule has 0 aliphatic carbocycles. The predicted octanol–water partition coefficient (Wildman–Crippen LogP) is 3.72. The van der Waals surface area contributed by atoms with Crippen LogP contribution in [0, 0.1) is 5.92 Å². The third-order valence-corrected chi connectivity index (χ3v) is 4.62. The number of carboxylic acids is 1. The Hall–Kier alpha value is -1.63. The van der Waals surface area contributed by atoms with Gasteiger partial charge >= 0.3 is 5.97 Å². The highest BCUT2D eigenvalue weighted by molar-refractivity contribution is 7.99. The minimum Gasteiger partial charge on any atom is -0.481 e. The first-order valence-electron chi connectivity index (χ1n) is 7.51. The number of halogens is 2. The Balaban J connectivity index is 1.94. The molecule has 126 valence electrons. The van der Waals surface area contributed by atoms with E-state index < -0.39 is 11.7 Å². The van der Waals surface area contributed by atoms with Gasteiger partial charge in [0, 0.05) is 30.0 Å². The molecule has 1 heterocycles. The zero-order valence-electron chi connectivity index (χ0n) is 12.6. The van der Waals surface area contributed by atoms with E-state index in [1.807, 2.05) is 0 Å². The van der Waals surface area contributed by atoms with E-state index in [9.17, 15) is 18.4 Å². The van der Waals surface area contributed by atoms with Crippen molar-refractivity contribution in [3.63, 3.8) is 0 Å². The number of thioether (sulfide) groups is 1. The van der Waals surface area contributed by atoms with Crippen LogP contribution in [0.1, 0.15) is 36.0 Å². The molecule has 1 aromatic rings. The predicted molar refractivity (Wildman–Crippen MR) is 83.8 cm³/mol. The Morgan fingerprint density at radius 2 is 2.00 bits per heavy atom. The number of nitrogens with zero attached hydrogens (tertiary/aromatic N) is 1. The Labute approximate surface area is 137 Å². The van der Waals surface area contributed by atoms with Crippen molar-refractivity contribution in [2.75, 3.05) is 13.1 Å². The molecule has 4 nitrogen and oxygen atoms in total. The zero-order valence-corrected chi connectivity index (χ0v) is 13.4. The van der Waals surface area contributed by atoms with E-state index in [-0.39, 0.29) is 18.2 Å². The number of rotatable bonds is 6. The highest BCUT2D eigenvalue weighted by Crippen LogP contribution is 2.26. The topological polar surface area (TPSA) is 57.6 Å². The third-order valence-electron chi connectivity index (χ3n) is 3.90. The van der Waals surface area contributed by atoms with E-state index in [0.29, 0.717) is 41.7 Å². The summed E-state index contributed by atoms with van der Waals surface area (Å²) in [6.45, 7) is 1.20. The van der Waals surface area contributed by atoms with Crippen LogP contribution in [0.15, 0.2) is 29.2 Å². The van der Waals surface area contributed by atoms with Gasteiger partial charge in [0.2, 0.25) is 0 Å². The van der Waals surface area contributed by atoms with E-state index >= 15 is 0 Å². The van der Waals surface area contributed by atoms with Gasteiger partial charge in [-0.25, -0.2) is 0 Å². The second-order valence-electron chi connectivity index (χ2n) is 5.59. The van der Waals surface area contributed by atoms with Crippen molar-refractivity contribution in [1.29, 1.82) is 0 Å². The van der Waals surface area contributed by atoms with E-state index in [1.54, 1.807) is 17.0 Å². The number of carbonyl (C=O) groups is 2. The fourth-order valence-corrected chi connectivity index (χ4v) is 3.27. The van der Waals surface area contributed by atoms with Crippen LogP contribution in [0.3, 0.4) is 0 Å². The zero-order chi connectivity index (χ0) is 16.8. The molecule has 1 N–H and O–H groups in total. The Kier molecular flexibility index (Phi) is 6.38. The molecule has 0 spiro atoms. The van der Waals surface area contributed by atoms with Gasteiger partial charge in [-0.3, -0.25) is 9.59 Å². The van der Waals surface area contributed by atoms with E-state index in [0.717, 1.165) is 12.8 Å². The van der Waals surface area contributed by atoms with Crippen LogP contribution in [0.25, 0.3) is 0 Å². The van der Waals surface area contributed by atoms with Crippen molar-refractivity contribution in [1.82, 2.24) is 4.90 Å². The second kappa shape index (κ2) is 8.29. The maximum absolute atomic E-state index is 12.5. The minimum atomic E-state index is -2.48. The molecule has 0 radical (unpaired) electrons. The lowest BCUT2D eigenvalue weighted by Gasteiger charge is -2.32. The van der Waals surface area contributed by atoms with E-state index in [1.165, 1.54) is 12.1 Å². The number of likely N-dealkylation sites (tertiary alicyclic amines) is 1. The Morgan fingerprint density at radius 3 is 2.61 bits per heavy atom. The molecule has 0 aromatic heterocycles. The van der Waals surface area contributed by atoms with Crippen LogP contribution in [-0.2, 0) is 4.79 Å². The maximum atomic E-state index is 12.5. The summed E-state index contributed by atoms with van der Waals surface area (Å²) in [5.41, 5.74) is 0.475. The molecule has 1 amide bonds. The van der Waals surface area contributed by atoms with Gasteiger partial charge in [-0.05, 0) is 49.4 Å².